The average molecular weight is 234 g/mol. The smallest absolute Gasteiger partial charge is 0.115 e. The first-order valence-corrected chi connectivity index (χ1v) is 3.94. The molecule has 0 aliphatic heterocycles. The molecule has 1 unspecified atom stereocenters. The molecule has 0 saturated carbocycles. The molecule has 0 bridgehead atoms. The van der Waals surface area contributed by atoms with Gasteiger partial charge >= 0.3 is 0 Å². The molecule has 3 heteroatoms. The Morgan fingerprint density at radius 3 is 2.33 bits per heavy atom. The fourth-order valence-electron chi connectivity index (χ4n) is 0.516. The van der Waals surface area contributed by atoms with Crippen LogP contribution in [0.4, 0.5) is 0 Å². The van der Waals surface area contributed by atoms with Crippen LogP contribution in [0.5, 0.6) is 0 Å². The third-order valence-electron chi connectivity index (χ3n) is 1.04. The van der Waals surface area contributed by atoms with E-state index in [-0.39, 0.29) is 0 Å². The van der Waals surface area contributed by atoms with E-state index in [9.17, 15) is 0 Å². The quantitative estimate of drug-likeness (QED) is 0.548. The highest BCUT2D eigenvalue weighted by atomic mass is 127. The number of rotatable bonds is 1. The van der Waals surface area contributed by atoms with E-state index in [0.717, 1.165) is 0 Å². The summed E-state index contributed by atoms with van der Waals surface area (Å²) in [6.45, 7) is 2.11. The van der Waals surface area contributed by atoms with Crippen molar-refractivity contribution >= 4 is 22.6 Å². The maximum Gasteiger partial charge on any atom is 0.115 e. The van der Waals surface area contributed by atoms with Gasteiger partial charge in [-0.3, -0.25) is 0 Å². The van der Waals surface area contributed by atoms with Gasteiger partial charge in [-0.25, -0.2) is 9.97 Å². The Morgan fingerprint density at radius 2 is 2.00 bits per heavy atom. The van der Waals surface area contributed by atoms with Gasteiger partial charge in [0.05, 0.1) is 0 Å². The van der Waals surface area contributed by atoms with E-state index in [2.05, 4.69) is 39.5 Å². The largest absolute Gasteiger partial charge is 0.245 e. The Hall–Kier alpha value is -0.190. The summed E-state index contributed by atoms with van der Waals surface area (Å²) >= 11 is 2.33. The standard InChI is InChI=1S/C6H7IN2/c1-5(7)6-2-8-4-9-3-6/h2-5H,1H3. The van der Waals surface area contributed by atoms with E-state index < -0.39 is 0 Å². The molecule has 0 radical (unpaired) electrons. The summed E-state index contributed by atoms with van der Waals surface area (Å²) in [5.74, 6) is 0. The molecule has 0 aliphatic carbocycles. The normalized spacial score (nSPS) is 13.1. The third kappa shape index (κ3) is 1.89. The number of alkyl halides is 1. The second-order valence-electron chi connectivity index (χ2n) is 1.79. The predicted molar refractivity (Wildman–Crippen MR) is 44.5 cm³/mol. The highest BCUT2D eigenvalue weighted by molar-refractivity contribution is 14.1. The molecule has 0 fully saturated rings. The third-order valence-corrected chi connectivity index (χ3v) is 1.76. The molecule has 0 amide bonds. The molecule has 48 valence electrons. The lowest BCUT2D eigenvalue weighted by Gasteiger charge is -1.98. The van der Waals surface area contributed by atoms with E-state index >= 15 is 0 Å². The maximum absolute atomic E-state index is 3.89. The van der Waals surface area contributed by atoms with Crippen molar-refractivity contribution in [2.45, 2.75) is 10.8 Å². The van der Waals surface area contributed by atoms with Gasteiger partial charge in [-0.15, -0.1) is 0 Å². The van der Waals surface area contributed by atoms with Crippen molar-refractivity contribution in [3.63, 3.8) is 0 Å². The summed E-state index contributed by atoms with van der Waals surface area (Å²) in [6.07, 6.45) is 5.22. The van der Waals surface area contributed by atoms with Crippen LogP contribution in [0, 0.1) is 0 Å². The fraction of sp³-hybridized carbons (Fsp3) is 0.333. The molecule has 0 N–H and O–H groups in total. The Labute approximate surface area is 67.9 Å². The summed E-state index contributed by atoms with van der Waals surface area (Å²) in [5, 5.41) is 0. The Morgan fingerprint density at radius 1 is 1.44 bits per heavy atom. The summed E-state index contributed by atoms with van der Waals surface area (Å²) in [6, 6.07) is 0. The van der Waals surface area contributed by atoms with Crippen molar-refractivity contribution < 1.29 is 0 Å². The molecule has 1 aromatic rings. The van der Waals surface area contributed by atoms with Crippen molar-refractivity contribution in [1.29, 1.82) is 0 Å². The van der Waals surface area contributed by atoms with Crippen LogP contribution < -0.4 is 0 Å². The van der Waals surface area contributed by atoms with Crippen molar-refractivity contribution in [3.8, 4) is 0 Å². The zero-order valence-electron chi connectivity index (χ0n) is 5.08. The van der Waals surface area contributed by atoms with Gasteiger partial charge < -0.3 is 0 Å². The Kier molecular flexibility index (Phi) is 2.38. The van der Waals surface area contributed by atoms with E-state index in [1.54, 1.807) is 6.33 Å². The highest BCUT2D eigenvalue weighted by Gasteiger charge is 1.97. The van der Waals surface area contributed by atoms with Gasteiger partial charge in [0.2, 0.25) is 0 Å². The molecule has 1 rings (SSSR count). The predicted octanol–water partition coefficient (Wildman–Crippen LogP) is 1.97. The highest BCUT2D eigenvalue weighted by Crippen LogP contribution is 2.19. The van der Waals surface area contributed by atoms with E-state index in [1.807, 2.05) is 12.4 Å². The lowest BCUT2D eigenvalue weighted by atomic mass is 10.3. The molecule has 0 aliphatic rings. The second kappa shape index (κ2) is 3.10. The average Bonchev–Trinajstić information content (AvgIpc) is 1.90. The van der Waals surface area contributed by atoms with Gasteiger partial charge in [-0.2, -0.15) is 0 Å². The van der Waals surface area contributed by atoms with Crippen LogP contribution in [0.25, 0.3) is 0 Å². The van der Waals surface area contributed by atoms with E-state index in [1.165, 1.54) is 5.56 Å². The van der Waals surface area contributed by atoms with Gasteiger partial charge in [-0.05, 0) is 6.92 Å². The van der Waals surface area contributed by atoms with Crippen molar-refractivity contribution in [1.82, 2.24) is 9.97 Å². The zero-order valence-corrected chi connectivity index (χ0v) is 7.24. The van der Waals surface area contributed by atoms with Crippen molar-refractivity contribution in [2.75, 3.05) is 0 Å². The molecule has 1 heterocycles. The summed E-state index contributed by atoms with van der Waals surface area (Å²) in [4.78, 5) is 7.78. The fourth-order valence-corrected chi connectivity index (χ4v) is 0.838. The lowest BCUT2D eigenvalue weighted by molar-refractivity contribution is 1.05. The van der Waals surface area contributed by atoms with Crippen LogP contribution >= 0.6 is 22.6 Å². The molecular formula is C6H7IN2. The van der Waals surface area contributed by atoms with Crippen LogP contribution in [-0.2, 0) is 0 Å². The molecule has 0 saturated heterocycles. The minimum absolute atomic E-state index is 0.504. The van der Waals surface area contributed by atoms with Crippen LogP contribution in [0.1, 0.15) is 16.4 Å². The van der Waals surface area contributed by atoms with Gasteiger partial charge in [0, 0.05) is 21.9 Å². The van der Waals surface area contributed by atoms with Gasteiger partial charge in [0.25, 0.3) is 0 Å². The van der Waals surface area contributed by atoms with Crippen molar-refractivity contribution in [3.05, 3.63) is 24.3 Å². The number of halogens is 1. The first-order chi connectivity index (χ1) is 4.30. The summed E-state index contributed by atoms with van der Waals surface area (Å²) in [5.41, 5.74) is 1.18. The van der Waals surface area contributed by atoms with E-state index in [4.69, 9.17) is 0 Å². The molecular weight excluding hydrogens is 227 g/mol. The van der Waals surface area contributed by atoms with Crippen LogP contribution in [0.3, 0.4) is 0 Å². The van der Waals surface area contributed by atoms with Gasteiger partial charge in [-0.1, -0.05) is 22.6 Å². The molecule has 9 heavy (non-hydrogen) atoms. The minimum atomic E-state index is 0.504. The first-order valence-electron chi connectivity index (χ1n) is 2.69. The Balaban J connectivity index is 2.85. The van der Waals surface area contributed by atoms with E-state index in [0.29, 0.717) is 3.92 Å². The maximum atomic E-state index is 3.89. The molecule has 2 nitrogen and oxygen atoms in total. The van der Waals surface area contributed by atoms with Crippen LogP contribution in [0.2, 0.25) is 0 Å². The van der Waals surface area contributed by atoms with Crippen LogP contribution in [0.15, 0.2) is 18.7 Å². The molecule has 0 aromatic carbocycles. The number of aromatic nitrogens is 2. The first kappa shape index (κ1) is 6.92. The zero-order chi connectivity index (χ0) is 6.69. The number of hydrogen-bond acceptors (Lipinski definition) is 2. The second-order valence-corrected chi connectivity index (χ2v) is 3.66. The lowest BCUT2D eigenvalue weighted by Crippen LogP contribution is -1.85. The molecule has 0 spiro atoms. The SMILES string of the molecule is CC(I)c1cncnc1. The van der Waals surface area contributed by atoms with Gasteiger partial charge in [0.15, 0.2) is 0 Å². The summed E-state index contributed by atoms with van der Waals surface area (Å²) in [7, 11) is 0. The van der Waals surface area contributed by atoms with Gasteiger partial charge in [0.1, 0.15) is 6.33 Å². The monoisotopic (exact) mass is 234 g/mol. The molecule has 1 aromatic heterocycles. The number of nitrogens with zero attached hydrogens (tertiary/aromatic N) is 2. The summed E-state index contributed by atoms with van der Waals surface area (Å²) < 4.78 is 0.504. The van der Waals surface area contributed by atoms with Crippen molar-refractivity contribution in [2.24, 2.45) is 0 Å². The molecule has 1 atom stereocenters. The van der Waals surface area contributed by atoms with Crippen LogP contribution in [-0.4, -0.2) is 9.97 Å². The minimum Gasteiger partial charge on any atom is -0.245 e. The topological polar surface area (TPSA) is 25.8 Å². The Bertz CT molecular complexity index is 174. The number of hydrogen-bond donors (Lipinski definition) is 0.